The molecule has 0 saturated heterocycles. The molecule has 0 amide bonds. The second kappa shape index (κ2) is 10.2. The summed E-state index contributed by atoms with van der Waals surface area (Å²) in [5.74, 6) is 0.174. The Balaban J connectivity index is 2.21. The number of rotatable bonds is 9. The van der Waals surface area contributed by atoms with Gasteiger partial charge in [0.25, 0.3) is 0 Å². The van der Waals surface area contributed by atoms with E-state index in [1.165, 1.54) is 0 Å². The molecule has 0 fully saturated rings. The van der Waals surface area contributed by atoms with Gasteiger partial charge in [0.2, 0.25) is 0 Å². The quantitative estimate of drug-likeness (QED) is 0.514. The molecule has 146 valence electrons. The van der Waals surface area contributed by atoms with Crippen molar-refractivity contribution >= 4 is 45.1 Å². The van der Waals surface area contributed by atoms with E-state index in [1.807, 2.05) is 19.1 Å². The van der Waals surface area contributed by atoms with Gasteiger partial charge in [-0.05, 0) is 59.6 Å². The van der Waals surface area contributed by atoms with Crippen molar-refractivity contribution in [2.75, 3.05) is 6.61 Å². The number of halogens is 3. The van der Waals surface area contributed by atoms with Gasteiger partial charge in [-0.3, -0.25) is 4.79 Å². The molecule has 0 spiro atoms. The molecule has 2 aromatic rings. The number of carboxylic acids is 1. The van der Waals surface area contributed by atoms with Crippen molar-refractivity contribution in [3.05, 3.63) is 56.0 Å². The molecule has 0 radical (unpaired) electrons. The molecule has 0 aromatic heterocycles. The highest BCUT2D eigenvalue weighted by Gasteiger charge is 2.16. The van der Waals surface area contributed by atoms with Crippen molar-refractivity contribution in [3.8, 4) is 11.5 Å². The summed E-state index contributed by atoms with van der Waals surface area (Å²) >= 11 is 15.9. The fraction of sp³-hybridized carbons (Fsp3) is 0.316. The smallest absolute Gasteiger partial charge is 0.320 e. The number of ether oxygens (including phenoxy) is 2. The van der Waals surface area contributed by atoms with E-state index in [-0.39, 0.29) is 6.61 Å². The van der Waals surface area contributed by atoms with Crippen molar-refractivity contribution in [1.29, 1.82) is 0 Å². The highest BCUT2D eigenvalue weighted by molar-refractivity contribution is 9.10. The lowest BCUT2D eigenvalue weighted by Gasteiger charge is -2.17. The molecule has 0 saturated carbocycles. The van der Waals surface area contributed by atoms with Crippen LogP contribution in [0.1, 0.15) is 25.0 Å². The highest BCUT2D eigenvalue weighted by atomic mass is 79.9. The minimum absolute atomic E-state index is 0.185. The molecule has 2 rings (SSSR count). The third kappa shape index (κ3) is 6.01. The first kappa shape index (κ1) is 21.8. The van der Waals surface area contributed by atoms with Crippen LogP contribution in [0.2, 0.25) is 10.0 Å². The number of carbonyl (C=O) groups is 1. The van der Waals surface area contributed by atoms with Gasteiger partial charge >= 0.3 is 5.97 Å². The lowest BCUT2D eigenvalue weighted by Crippen LogP contribution is -2.33. The van der Waals surface area contributed by atoms with E-state index in [2.05, 4.69) is 21.2 Å². The Hall–Kier alpha value is -1.47. The Bertz CT molecular complexity index is 796. The van der Waals surface area contributed by atoms with Crippen molar-refractivity contribution < 1.29 is 19.4 Å². The molecule has 1 atom stereocenters. The zero-order valence-electron chi connectivity index (χ0n) is 14.9. The van der Waals surface area contributed by atoms with Crippen LogP contribution >= 0.6 is 39.1 Å². The largest absolute Gasteiger partial charge is 0.490 e. The standard InChI is InChI=1S/C19H20BrCl2NO4/c1-3-26-17-8-12(9-23-11(2)19(24)25)7-14(20)18(17)27-10-13-15(21)5-4-6-16(13)22/h4-8,11,23H,3,9-10H2,1-2H3,(H,24,25). The molecule has 2 aromatic carbocycles. The van der Waals surface area contributed by atoms with Crippen molar-refractivity contribution in [2.45, 2.75) is 33.0 Å². The fourth-order valence-electron chi connectivity index (χ4n) is 2.30. The molecule has 0 aliphatic rings. The zero-order valence-corrected chi connectivity index (χ0v) is 18.0. The molecule has 0 aliphatic heterocycles. The molecule has 1 unspecified atom stereocenters. The summed E-state index contributed by atoms with van der Waals surface area (Å²) in [6.07, 6.45) is 0. The van der Waals surface area contributed by atoms with Gasteiger partial charge in [-0.2, -0.15) is 0 Å². The van der Waals surface area contributed by atoms with Crippen LogP contribution in [0.4, 0.5) is 0 Å². The number of carboxylic acid groups (broad SMARTS) is 1. The lowest BCUT2D eigenvalue weighted by molar-refractivity contribution is -0.139. The summed E-state index contributed by atoms with van der Waals surface area (Å²) in [6, 6.07) is 8.30. The molecule has 5 nitrogen and oxygen atoms in total. The minimum Gasteiger partial charge on any atom is -0.490 e. The summed E-state index contributed by atoms with van der Waals surface area (Å²) in [5, 5.41) is 13.0. The SMILES string of the molecule is CCOc1cc(CNC(C)C(=O)O)cc(Br)c1OCc1c(Cl)cccc1Cl. The normalized spacial score (nSPS) is 11.9. The number of hydrogen-bond acceptors (Lipinski definition) is 4. The van der Waals surface area contributed by atoms with E-state index in [1.54, 1.807) is 25.1 Å². The van der Waals surface area contributed by atoms with Crippen LogP contribution in [0.5, 0.6) is 11.5 Å². The third-order valence-corrected chi connectivity index (χ3v) is 5.07. The minimum atomic E-state index is -0.907. The van der Waals surface area contributed by atoms with E-state index >= 15 is 0 Å². The monoisotopic (exact) mass is 475 g/mol. The van der Waals surface area contributed by atoms with Gasteiger partial charge < -0.3 is 19.9 Å². The summed E-state index contributed by atoms with van der Waals surface area (Å²) in [7, 11) is 0. The molecule has 8 heteroatoms. The molecule has 0 heterocycles. The third-order valence-electron chi connectivity index (χ3n) is 3.77. The zero-order chi connectivity index (χ0) is 20.0. The average molecular weight is 477 g/mol. The van der Waals surface area contributed by atoms with Crippen LogP contribution in [-0.2, 0) is 17.9 Å². The molecular formula is C19H20BrCl2NO4. The number of hydrogen-bond donors (Lipinski definition) is 2. The van der Waals surface area contributed by atoms with Gasteiger partial charge in [0.15, 0.2) is 11.5 Å². The average Bonchev–Trinajstić information content (AvgIpc) is 2.61. The van der Waals surface area contributed by atoms with Crippen LogP contribution in [0.3, 0.4) is 0 Å². The Kier molecular flexibility index (Phi) is 8.23. The fourth-order valence-corrected chi connectivity index (χ4v) is 3.41. The summed E-state index contributed by atoms with van der Waals surface area (Å²) < 4.78 is 12.3. The van der Waals surface area contributed by atoms with Crippen molar-refractivity contribution in [2.24, 2.45) is 0 Å². The van der Waals surface area contributed by atoms with Gasteiger partial charge in [-0.1, -0.05) is 29.3 Å². The maximum absolute atomic E-state index is 10.9. The Morgan fingerprint density at radius 1 is 1.26 bits per heavy atom. The Labute approximate surface area is 176 Å². The Morgan fingerprint density at radius 3 is 2.52 bits per heavy atom. The van der Waals surface area contributed by atoms with Gasteiger partial charge in [0.05, 0.1) is 11.1 Å². The van der Waals surface area contributed by atoms with Crippen LogP contribution in [0, 0.1) is 0 Å². The number of nitrogens with one attached hydrogen (secondary N) is 1. The molecule has 0 aliphatic carbocycles. The van der Waals surface area contributed by atoms with E-state index in [9.17, 15) is 4.79 Å². The van der Waals surface area contributed by atoms with E-state index in [0.717, 1.165) is 5.56 Å². The molecular weight excluding hydrogens is 457 g/mol. The van der Waals surface area contributed by atoms with Crippen LogP contribution in [0.25, 0.3) is 0 Å². The van der Waals surface area contributed by atoms with Gasteiger partial charge in [-0.25, -0.2) is 0 Å². The van der Waals surface area contributed by atoms with Crippen LogP contribution in [-0.4, -0.2) is 23.7 Å². The van der Waals surface area contributed by atoms with E-state index < -0.39 is 12.0 Å². The molecule has 2 N–H and O–H groups in total. The van der Waals surface area contributed by atoms with Crippen molar-refractivity contribution in [3.63, 3.8) is 0 Å². The molecule has 27 heavy (non-hydrogen) atoms. The van der Waals surface area contributed by atoms with E-state index in [4.69, 9.17) is 37.8 Å². The summed E-state index contributed by atoms with van der Waals surface area (Å²) in [5.41, 5.74) is 1.55. The number of benzene rings is 2. The summed E-state index contributed by atoms with van der Waals surface area (Å²) in [4.78, 5) is 10.9. The predicted molar refractivity (Wildman–Crippen MR) is 110 cm³/mol. The van der Waals surface area contributed by atoms with Gasteiger partial charge in [0.1, 0.15) is 12.6 Å². The number of aliphatic carboxylic acids is 1. The lowest BCUT2D eigenvalue weighted by atomic mass is 10.2. The van der Waals surface area contributed by atoms with Gasteiger partial charge in [0, 0.05) is 22.2 Å². The van der Waals surface area contributed by atoms with Crippen LogP contribution in [0.15, 0.2) is 34.8 Å². The predicted octanol–water partition coefficient (Wildman–Crippen LogP) is 5.30. The van der Waals surface area contributed by atoms with E-state index in [0.29, 0.717) is 44.7 Å². The first-order chi connectivity index (χ1) is 12.8. The summed E-state index contributed by atoms with van der Waals surface area (Å²) in [6.45, 7) is 4.48. The van der Waals surface area contributed by atoms with Crippen LogP contribution < -0.4 is 14.8 Å². The highest BCUT2D eigenvalue weighted by Crippen LogP contribution is 2.38. The second-order valence-electron chi connectivity index (χ2n) is 5.77. The maximum atomic E-state index is 10.9. The topological polar surface area (TPSA) is 67.8 Å². The first-order valence-corrected chi connectivity index (χ1v) is 9.85. The molecule has 0 bridgehead atoms. The second-order valence-corrected chi connectivity index (χ2v) is 7.44. The van der Waals surface area contributed by atoms with Gasteiger partial charge in [-0.15, -0.1) is 0 Å². The van der Waals surface area contributed by atoms with Crippen molar-refractivity contribution in [1.82, 2.24) is 5.32 Å². The maximum Gasteiger partial charge on any atom is 0.320 e. The first-order valence-electron chi connectivity index (χ1n) is 8.30. The Morgan fingerprint density at radius 2 is 1.93 bits per heavy atom.